The zero-order chi connectivity index (χ0) is 19.7. The van der Waals surface area contributed by atoms with Crippen molar-refractivity contribution in [1.82, 2.24) is 10.6 Å². The Morgan fingerprint density at radius 2 is 1.29 bits per heavy atom. The summed E-state index contributed by atoms with van der Waals surface area (Å²) in [5, 5.41) is 6.02. The third kappa shape index (κ3) is 4.68. The molecule has 28 heavy (non-hydrogen) atoms. The summed E-state index contributed by atoms with van der Waals surface area (Å²) in [6.45, 7) is 4.95. The van der Waals surface area contributed by atoms with E-state index in [2.05, 4.69) is 41.5 Å². The molecule has 3 aromatic carbocycles. The van der Waals surface area contributed by atoms with Gasteiger partial charge in [-0.05, 0) is 23.1 Å². The van der Waals surface area contributed by atoms with Gasteiger partial charge in [-0.3, -0.25) is 0 Å². The van der Waals surface area contributed by atoms with E-state index in [0.29, 0.717) is 13.1 Å². The second-order valence-electron chi connectivity index (χ2n) is 6.83. The number of urea groups is 1. The lowest BCUT2D eigenvalue weighted by atomic mass is 9.72. The molecule has 0 saturated carbocycles. The first-order valence-electron chi connectivity index (χ1n) is 9.52. The van der Waals surface area contributed by atoms with Crippen molar-refractivity contribution in [3.8, 4) is 0 Å². The largest absolute Gasteiger partial charge is 0.337 e. The summed E-state index contributed by atoms with van der Waals surface area (Å²) in [6, 6.07) is 30.3. The minimum Gasteiger partial charge on any atom is -0.337 e. The van der Waals surface area contributed by atoms with Crippen molar-refractivity contribution in [2.24, 2.45) is 0 Å². The van der Waals surface area contributed by atoms with Gasteiger partial charge in [0.1, 0.15) is 0 Å². The highest BCUT2D eigenvalue weighted by Crippen LogP contribution is 2.35. The van der Waals surface area contributed by atoms with E-state index in [1.54, 1.807) is 0 Å². The lowest BCUT2D eigenvalue weighted by Crippen LogP contribution is -2.45. The van der Waals surface area contributed by atoms with Gasteiger partial charge in [0, 0.05) is 18.5 Å². The Morgan fingerprint density at radius 1 is 0.786 bits per heavy atom. The molecule has 3 aromatic rings. The molecule has 0 aliphatic rings. The zero-order valence-corrected chi connectivity index (χ0v) is 16.0. The van der Waals surface area contributed by atoms with Crippen LogP contribution in [0.1, 0.15) is 23.1 Å². The average Bonchev–Trinajstić information content (AvgIpc) is 2.77. The number of nitrogens with one attached hydrogen (secondary N) is 2. The van der Waals surface area contributed by atoms with E-state index >= 15 is 0 Å². The maximum Gasteiger partial charge on any atom is 0.315 e. The van der Waals surface area contributed by atoms with E-state index in [1.807, 2.05) is 72.8 Å². The Morgan fingerprint density at radius 3 is 1.79 bits per heavy atom. The Balaban J connectivity index is 1.79. The average molecular weight is 370 g/mol. The molecule has 2 N–H and O–H groups in total. The van der Waals surface area contributed by atoms with Crippen LogP contribution >= 0.6 is 0 Å². The van der Waals surface area contributed by atoms with Gasteiger partial charge in [-0.2, -0.15) is 0 Å². The number of benzene rings is 3. The normalized spacial score (nSPS) is 10.9. The summed E-state index contributed by atoms with van der Waals surface area (Å²) in [4.78, 5) is 12.5. The first-order valence-corrected chi connectivity index (χ1v) is 9.52. The molecule has 0 heterocycles. The molecule has 0 atom stereocenters. The van der Waals surface area contributed by atoms with Crippen molar-refractivity contribution in [2.45, 2.75) is 18.4 Å². The summed E-state index contributed by atoms with van der Waals surface area (Å²) in [5.41, 5.74) is 3.02. The molecule has 142 valence electrons. The molecule has 3 rings (SSSR count). The van der Waals surface area contributed by atoms with Crippen LogP contribution < -0.4 is 10.6 Å². The summed E-state index contributed by atoms with van der Waals surface area (Å²) in [5.74, 6) is 0. The minimum atomic E-state index is -0.367. The number of rotatable bonds is 8. The predicted molar refractivity (Wildman–Crippen MR) is 115 cm³/mol. The molecule has 3 heteroatoms. The maximum absolute atomic E-state index is 12.5. The number of allylic oxidation sites excluding steroid dienone is 1. The molecule has 0 aliphatic heterocycles. The summed E-state index contributed by atoms with van der Waals surface area (Å²) < 4.78 is 0. The molecule has 0 aromatic heterocycles. The van der Waals surface area contributed by atoms with E-state index in [0.717, 1.165) is 23.1 Å². The Hall–Kier alpha value is -3.33. The van der Waals surface area contributed by atoms with Crippen molar-refractivity contribution in [3.05, 3.63) is 120 Å². The van der Waals surface area contributed by atoms with Gasteiger partial charge in [-0.25, -0.2) is 4.79 Å². The lowest BCUT2D eigenvalue weighted by molar-refractivity contribution is 0.238. The highest BCUT2D eigenvalue weighted by atomic mass is 16.2. The van der Waals surface area contributed by atoms with Gasteiger partial charge in [-0.1, -0.05) is 97.1 Å². The van der Waals surface area contributed by atoms with Crippen LogP contribution in [-0.4, -0.2) is 12.6 Å². The monoisotopic (exact) mass is 370 g/mol. The highest BCUT2D eigenvalue weighted by molar-refractivity contribution is 5.74. The molecule has 2 amide bonds. The highest BCUT2D eigenvalue weighted by Gasteiger charge is 2.33. The van der Waals surface area contributed by atoms with Crippen LogP contribution in [0.4, 0.5) is 4.79 Å². The van der Waals surface area contributed by atoms with Crippen LogP contribution in [-0.2, 0) is 12.0 Å². The first-order chi connectivity index (χ1) is 13.7. The lowest BCUT2D eigenvalue weighted by Gasteiger charge is -2.34. The SMILES string of the molecule is C=CCC(CNC(=O)NCc1ccccc1)(c1ccccc1)c1ccccc1. The molecule has 0 unspecified atom stereocenters. The summed E-state index contributed by atoms with van der Waals surface area (Å²) in [7, 11) is 0. The minimum absolute atomic E-state index is 0.177. The number of hydrogen-bond acceptors (Lipinski definition) is 1. The molecular formula is C25H26N2O. The second kappa shape index (κ2) is 9.56. The fraction of sp³-hybridized carbons (Fsp3) is 0.160. The van der Waals surface area contributed by atoms with Gasteiger partial charge in [0.2, 0.25) is 0 Å². The smallest absolute Gasteiger partial charge is 0.315 e. The fourth-order valence-electron chi connectivity index (χ4n) is 3.51. The van der Waals surface area contributed by atoms with Gasteiger partial charge in [0.05, 0.1) is 0 Å². The van der Waals surface area contributed by atoms with E-state index in [-0.39, 0.29) is 11.4 Å². The summed E-state index contributed by atoms with van der Waals surface area (Å²) >= 11 is 0. The Kier molecular flexibility index (Phi) is 6.64. The predicted octanol–water partition coefficient (Wildman–Crippen LogP) is 5.05. The molecule has 0 radical (unpaired) electrons. The van der Waals surface area contributed by atoms with Crippen LogP contribution in [0.3, 0.4) is 0 Å². The van der Waals surface area contributed by atoms with Gasteiger partial charge in [0.25, 0.3) is 0 Å². The molecule has 0 saturated heterocycles. The fourth-order valence-corrected chi connectivity index (χ4v) is 3.51. The number of carbonyl (C=O) groups is 1. The van der Waals surface area contributed by atoms with E-state index in [9.17, 15) is 4.79 Å². The van der Waals surface area contributed by atoms with E-state index < -0.39 is 0 Å². The van der Waals surface area contributed by atoms with Crippen LogP contribution in [0.5, 0.6) is 0 Å². The standard InChI is InChI=1S/C25H26N2O/c1-2-18-25(22-14-8-4-9-15-22,23-16-10-5-11-17-23)20-27-24(28)26-19-21-12-6-3-7-13-21/h2-17H,1,18-20H2,(H2,26,27,28). The van der Waals surface area contributed by atoms with Crippen molar-refractivity contribution in [3.63, 3.8) is 0 Å². The van der Waals surface area contributed by atoms with Crippen molar-refractivity contribution in [1.29, 1.82) is 0 Å². The third-order valence-electron chi connectivity index (χ3n) is 4.99. The number of hydrogen-bond donors (Lipinski definition) is 2. The maximum atomic E-state index is 12.5. The van der Waals surface area contributed by atoms with E-state index in [1.165, 1.54) is 0 Å². The van der Waals surface area contributed by atoms with Crippen molar-refractivity contribution in [2.75, 3.05) is 6.54 Å². The van der Waals surface area contributed by atoms with Gasteiger partial charge >= 0.3 is 6.03 Å². The topological polar surface area (TPSA) is 41.1 Å². The van der Waals surface area contributed by atoms with Crippen LogP contribution in [0.2, 0.25) is 0 Å². The van der Waals surface area contributed by atoms with Crippen LogP contribution in [0.15, 0.2) is 104 Å². The quantitative estimate of drug-likeness (QED) is 0.535. The Bertz CT molecular complexity index is 837. The third-order valence-corrected chi connectivity index (χ3v) is 4.99. The number of amides is 2. The molecule has 0 spiro atoms. The van der Waals surface area contributed by atoms with Crippen molar-refractivity contribution >= 4 is 6.03 Å². The molecule has 0 bridgehead atoms. The van der Waals surface area contributed by atoms with E-state index in [4.69, 9.17) is 0 Å². The molecular weight excluding hydrogens is 344 g/mol. The zero-order valence-electron chi connectivity index (χ0n) is 16.0. The molecule has 0 aliphatic carbocycles. The molecule has 0 fully saturated rings. The van der Waals surface area contributed by atoms with Gasteiger partial charge in [0.15, 0.2) is 0 Å². The Labute approximate surface area is 167 Å². The molecule has 3 nitrogen and oxygen atoms in total. The van der Waals surface area contributed by atoms with Gasteiger partial charge < -0.3 is 10.6 Å². The first kappa shape index (κ1) is 19.4. The van der Waals surface area contributed by atoms with Crippen molar-refractivity contribution < 1.29 is 4.79 Å². The van der Waals surface area contributed by atoms with Crippen LogP contribution in [0, 0.1) is 0 Å². The summed E-state index contributed by atoms with van der Waals surface area (Å²) in [6.07, 6.45) is 2.64. The van der Waals surface area contributed by atoms with Gasteiger partial charge in [-0.15, -0.1) is 6.58 Å². The number of carbonyl (C=O) groups excluding carboxylic acids is 1. The van der Waals surface area contributed by atoms with Crippen LogP contribution in [0.25, 0.3) is 0 Å². The second-order valence-corrected chi connectivity index (χ2v) is 6.83.